The minimum atomic E-state index is -0.365. The predicted molar refractivity (Wildman–Crippen MR) is 73.7 cm³/mol. The van der Waals surface area contributed by atoms with Crippen molar-refractivity contribution >= 4 is 17.5 Å². The lowest BCUT2D eigenvalue weighted by Gasteiger charge is -2.17. The largest absolute Gasteiger partial charge is 0.380 e. The smallest absolute Gasteiger partial charge is 0.221 e. The monoisotopic (exact) mass is 277 g/mol. The number of allylic oxidation sites excluding steroid dienone is 2. The van der Waals surface area contributed by atoms with Gasteiger partial charge in [0.25, 0.3) is 0 Å². The molecule has 2 N–H and O–H groups in total. The fourth-order valence-electron chi connectivity index (χ4n) is 2.34. The van der Waals surface area contributed by atoms with E-state index in [9.17, 15) is 14.4 Å². The van der Waals surface area contributed by atoms with Crippen LogP contribution >= 0.6 is 0 Å². The molecule has 0 radical (unpaired) electrons. The first kappa shape index (κ1) is 14.5. The first-order chi connectivity index (χ1) is 9.56. The summed E-state index contributed by atoms with van der Waals surface area (Å²) in [7, 11) is 0. The molecule has 0 bridgehead atoms. The zero-order valence-corrected chi connectivity index (χ0v) is 11.6. The van der Waals surface area contributed by atoms with Crippen LogP contribution in [0.2, 0.25) is 0 Å². The Kier molecular flexibility index (Phi) is 4.68. The highest BCUT2D eigenvalue weighted by molar-refractivity contribution is 6.20. The van der Waals surface area contributed by atoms with E-state index < -0.39 is 0 Å². The number of hydrogen-bond donors (Lipinski definition) is 2. The Morgan fingerprint density at radius 3 is 2.40 bits per heavy atom. The van der Waals surface area contributed by atoms with E-state index in [-0.39, 0.29) is 23.2 Å². The van der Waals surface area contributed by atoms with Crippen LogP contribution in [0.5, 0.6) is 0 Å². The summed E-state index contributed by atoms with van der Waals surface area (Å²) in [6.45, 7) is 4.99. The molecular weight excluding hydrogens is 258 g/mol. The predicted octanol–water partition coefficient (Wildman–Crippen LogP) is -0.272. The Bertz CT molecular complexity index is 488. The third-order valence-corrected chi connectivity index (χ3v) is 3.33. The fraction of sp³-hybridized carbons (Fsp3) is 0.500. The second-order valence-electron chi connectivity index (χ2n) is 5.00. The molecule has 6 nitrogen and oxygen atoms in total. The molecule has 1 amide bonds. The lowest BCUT2D eigenvalue weighted by Crippen LogP contribution is -2.34. The topological polar surface area (TPSA) is 78.5 Å². The van der Waals surface area contributed by atoms with Crippen LogP contribution in [0.1, 0.15) is 19.8 Å². The van der Waals surface area contributed by atoms with Crippen LogP contribution in [0, 0.1) is 0 Å². The minimum Gasteiger partial charge on any atom is -0.380 e. The van der Waals surface area contributed by atoms with E-state index in [0.29, 0.717) is 12.2 Å². The number of nitrogens with zero attached hydrogens (tertiary/aromatic N) is 1. The van der Waals surface area contributed by atoms with E-state index in [2.05, 4.69) is 15.5 Å². The standard InChI is InChI=1S/C14H19N3O3/c1-10(18)16-12-9-13(19)11(8-14(12)20)15-4-7-17-5-2-3-6-17/h8-9,15H,2-7H2,1H3,(H,16,18). The maximum atomic E-state index is 11.8. The van der Waals surface area contributed by atoms with Gasteiger partial charge in [-0.15, -0.1) is 0 Å². The van der Waals surface area contributed by atoms with Gasteiger partial charge in [0.15, 0.2) is 0 Å². The molecule has 0 saturated carbocycles. The van der Waals surface area contributed by atoms with E-state index in [1.165, 1.54) is 31.9 Å². The Morgan fingerprint density at radius 2 is 1.75 bits per heavy atom. The van der Waals surface area contributed by atoms with Crippen LogP contribution < -0.4 is 10.6 Å². The maximum Gasteiger partial charge on any atom is 0.221 e. The lowest BCUT2D eigenvalue weighted by atomic mass is 10.1. The van der Waals surface area contributed by atoms with Crippen molar-refractivity contribution < 1.29 is 14.4 Å². The molecule has 1 saturated heterocycles. The summed E-state index contributed by atoms with van der Waals surface area (Å²) in [5.41, 5.74) is 0.330. The van der Waals surface area contributed by atoms with E-state index in [4.69, 9.17) is 0 Å². The highest BCUT2D eigenvalue weighted by atomic mass is 16.2. The van der Waals surface area contributed by atoms with Crippen molar-refractivity contribution in [3.63, 3.8) is 0 Å². The van der Waals surface area contributed by atoms with E-state index >= 15 is 0 Å². The molecule has 0 atom stereocenters. The average molecular weight is 277 g/mol. The molecular formula is C14H19N3O3. The number of amides is 1. The van der Waals surface area contributed by atoms with Gasteiger partial charge in [0.2, 0.25) is 17.5 Å². The molecule has 20 heavy (non-hydrogen) atoms. The zero-order chi connectivity index (χ0) is 14.5. The number of ketones is 2. The molecule has 1 fully saturated rings. The summed E-state index contributed by atoms with van der Waals surface area (Å²) in [6, 6.07) is 0. The SMILES string of the molecule is CC(=O)NC1=CC(=O)C(NCCN2CCCC2)=CC1=O. The van der Waals surface area contributed by atoms with E-state index in [1.807, 2.05) is 0 Å². The molecule has 0 spiro atoms. The quantitative estimate of drug-likeness (QED) is 0.676. The van der Waals surface area contributed by atoms with Crippen molar-refractivity contribution in [1.82, 2.24) is 15.5 Å². The first-order valence-electron chi connectivity index (χ1n) is 6.82. The number of hydrogen-bond acceptors (Lipinski definition) is 5. The molecule has 108 valence electrons. The van der Waals surface area contributed by atoms with Crippen molar-refractivity contribution in [2.75, 3.05) is 26.2 Å². The third-order valence-electron chi connectivity index (χ3n) is 3.33. The van der Waals surface area contributed by atoms with Crippen molar-refractivity contribution in [3.8, 4) is 0 Å². The van der Waals surface area contributed by atoms with Crippen LogP contribution in [0.25, 0.3) is 0 Å². The number of rotatable bonds is 5. The van der Waals surface area contributed by atoms with Gasteiger partial charge in [-0.05, 0) is 25.9 Å². The summed E-state index contributed by atoms with van der Waals surface area (Å²) in [4.78, 5) is 36.8. The summed E-state index contributed by atoms with van der Waals surface area (Å²) < 4.78 is 0. The van der Waals surface area contributed by atoms with Crippen molar-refractivity contribution in [2.45, 2.75) is 19.8 Å². The second kappa shape index (κ2) is 6.47. The highest BCUT2D eigenvalue weighted by Crippen LogP contribution is 2.09. The van der Waals surface area contributed by atoms with Gasteiger partial charge in [0, 0.05) is 32.2 Å². The highest BCUT2D eigenvalue weighted by Gasteiger charge is 2.21. The van der Waals surface area contributed by atoms with Crippen LogP contribution in [0.15, 0.2) is 23.5 Å². The van der Waals surface area contributed by atoms with Crippen LogP contribution in [0.3, 0.4) is 0 Å². The van der Waals surface area contributed by atoms with E-state index in [0.717, 1.165) is 19.6 Å². The van der Waals surface area contributed by atoms with E-state index in [1.54, 1.807) is 0 Å². The summed E-state index contributed by atoms with van der Waals surface area (Å²) >= 11 is 0. The Hall–Kier alpha value is -1.95. The molecule has 1 heterocycles. The summed E-state index contributed by atoms with van der Waals surface area (Å²) in [5, 5.41) is 5.35. The second-order valence-corrected chi connectivity index (χ2v) is 5.00. The molecule has 0 aromatic heterocycles. The fourth-order valence-corrected chi connectivity index (χ4v) is 2.34. The maximum absolute atomic E-state index is 11.8. The molecule has 0 aromatic rings. The number of likely N-dealkylation sites (tertiary alicyclic amines) is 1. The molecule has 1 aliphatic carbocycles. The van der Waals surface area contributed by atoms with Gasteiger partial charge >= 0.3 is 0 Å². The Morgan fingerprint density at radius 1 is 1.15 bits per heavy atom. The van der Waals surface area contributed by atoms with Crippen molar-refractivity contribution in [1.29, 1.82) is 0 Å². The van der Waals surface area contributed by atoms with Crippen LogP contribution in [-0.2, 0) is 14.4 Å². The molecule has 6 heteroatoms. The zero-order valence-electron chi connectivity index (χ0n) is 11.6. The van der Waals surface area contributed by atoms with Crippen molar-refractivity contribution in [2.24, 2.45) is 0 Å². The van der Waals surface area contributed by atoms with Gasteiger partial charge in [0.05, 0.1) is 11.4 Å². The van der Waals surface area contributed by atoms with Gasteiger partial charge in [-0.1, -0.05) is 0 Å². The summed E-state index contributed by atoms with van der Waals surface area (Å²) in [6.07, 6.45) is 4.87. The van der Waals surface area contributed by atoms with Gasteiger partial charge in [-0.3, -0.25) is 14.4 Å². The number of nitrogens with one attached hydrogen (secondary N) is 2. The Balaban J connectivity index is 1.85. The Labute approximate surface area is 117 Å². The minimum absolute atomic E-state index is 0.0348. The first-order valence-corrected chi connectivity index (χ1v) is 6.82. The molecule has 2 aliphatic rings. The van der Waals surface area contributed by atoms with Crippen LogP contribution in [-0.4, -0.2) is 48.6 Å². The molecule has 2 rings (SSSR count). The molecule has 1 aliphatic heterocycles. The van der Waals surface area contributed by atoms with Crippen LogP contribution in [0.4, 0.5) is 0 Å². The molecule has 0 unspecified atom stereocenters. The van der Waals surface area contributed by atoms with Crippen molar-refractivity contribution in [3.05, 3.63) is 23.5 Å². The van der Waals surface area contributed by atoms with Gasteiger partial charge in [0.1, 0.15) is 0 Å². The van der Waals surface area contributed by atoms with Gasteiger partial charge in [-0.25, -0.2) is 0 Å². The molecule has 0 aromatic carbocycles. The lowest BCUT2D eigenvalue weighted by molar-refractivity contribution is -0.120. The third kappa shape index (κ3) is 3.77. The number of carbonyl (C=O) groups excluding carboxylic acids is 3. The van der Waals surface area contributed by atoms with Gasteiger partial charge < -0.3 is 15.5 Å². The summed E-state index contributed by atoms with van der Waals surface area (Å²) in [5.74, 6) is -1.01. The number of carbonyl (C=O) groups is 3. The normalized spacial score (nSPS) is 19.6. The average Bonchev–Trinajstić information content (AvgIpc) is 2.87. The van der Waals surface area contributed by atoms with Gasteiger partial charge in [-0.2, -0.15) is 0 Å².